The summed E-state index contributed by atoms with van der Waals surface area (Å²) in [5.74, 6) is 0.429. The lowest BCUT2D eigenvalue weighted by Gasteiger charge is -2.61. The third kappa shape index (κ3) is 2.05. The predicted octanol–water partition coefficient (Wildman–Crippen LogP) is 2.53. The van der Waals surface area contributed by atoms with E-state index in [2.05, 4.69) is 5.32 Å². The highest BCUT2D eigenvalue weighted by Gasteiger charge is 2.57. The Morgan fingerprint density at radius 3 is 2.78 bits per heavy atom. The van der Waals surface area contributed by atoms with Crippen LogP contribution in [0.25, 0.3) is 0 Å². The van der Waals surface area contributed by atoms with E-state index in [0.29, 0.717) is 5.75 Å². The molecule has 0 saturated heterocycles. The minimum Gasteiger partial charge on any atom is -0.484 e. The zero-order chi connectivity index (χ0) is 12.8. The van der Waals surface area contributed by atoms with Crippen LogP contribution in [0.2, 0.25) is 5.02 Å². The summed E-state index contributed by atoms with van der Waals surface area (Å²) in [5.41, 5.74) is 0.0519. The van der Waals surface area contributed by atoms with E-state index in [4.69, 9.17) is 16.3 Å². The van der Waals surface area contributed by atoms with Gasteiger partial charge in [-0.3, -0.25) is 4.79 Å². The van der Waals surface area contributed by atoms with Crippen LogP contribution in [0.15, 0.2) is 18.2 Å². The molecule has 3 aliphatic rings. The Hall–Kier alpha value is -1.29. The molecule has 4 rings (SSSR count). The zero-order valence-electron chi connectivity index (χ0n) is 9.71. The van der Waals surface area contributed by atoms with E-state index in [-0.39, 0.29) is 23.1 Å². The maximum atomic E-state index is 13.1. The molecule has 0 spiro atoms. The smallest absolute Gasteiger partial charge is 0.258 e. The van der Waals surface area contributed by atoms with Crippen LogP contribution < -0.4 is 10.1 Å². The summed E-state index contributed by atoms with van der Waals surface area (Å²) in [5, 5.41) is 3.01. The number of rotatable bonds is 4. The highest BCUT2D eigenvalue weighted by Crippen LogP contribution is 2.56. The second-order valence-electron chi connectivity index (χ2n) is 5.17. The Balaban J connectivity index is 1.50. The average Bonchev–Trinajstić information content (AvgIpc) is 2.23. The van der Waals surface area contributed by atoms with Gasteiger partial charge in [-0.25, -0.2) is 4.39 Å². The Morgan fingerprint density at radius 2 is 2.22 bits per heavy atom. The first-order valence-corrected chi connectivity index (χ1v) is 6.33. The minimum absolute atomic E-state index is 0.0423. The molecule has 2 bridgehead atoms. The molecular weight excluding hydrogens is 257 g/mol. The van der Waals surface area contributed by atoms with E-state index in [0.717, 1.165) is 25.2 Å². The van der Waals surface area contributed by atoms with Crippen molar-refractivity contribution in [2.75, 3.05) is 6.61 Å². The molecule has 0 atom stereocenters. The van der Waals surface area contributed by atoms with Crippen molar-refractivity contribution in [2.45, 2.75) is 24.8 Å². The second kappa shape index (κ2) is 4.12. The Morgan fingerprint density at radius 1 is 1.50 bits per heavy atom. The molecule has 18 heavy (non-hydrogen) atoms. The van der Waals surface area contributed by atoms with Gasteiger partial charge in [0.1, 0.15) is 11.6 Å². The third-order valence-electron chi connectivity index (χ3n) is 3.70. The summed E-state index contributed by atoms with van der Waals surface area (Å²) in [7, 11) is 0. The van der Waals surface area contributed by atoms with Gasteiger partial charge in [0.15, 0.2) is 6.61 Å². The number of amides is 1. The number of halogens is 2. The minimum atomic E-state index is -0.547. The highest BCUT2D eigenvalue weighted by atomic mass is 35.5. The summed E-state index contributed by atoms with van der Waals surface area (Å²) in [6.45, 7) is -0.0898. The topological polar surface area (TPSA) is 38.3 Å². The molecular formula is C13H13ClFNO2. The van der Waals surface area contributed by atoms with Gasteiger partial charge >= 0.3 is 0 Å². The summed E-state index contributed by atoms with van der Waals surface area (Å²) < 4.78 is 18.4. The van der Waals surface area contributed by atoms with Crippen molar-refractivity contribution in [3.05, 3.63) is 29.0 Å². The fourth-order valence-electron chi connectivity index (χ4n) is 2.68. The molecule has 1 aromatic carbocycles. The van der Waals surface area contributed by atoms with Gasteiger partial charge in [0.25, 0.3) is 5.91 Å². The van der Waals surface area contributed by atoms with Crippen LogP contribution in [0.1, 0.15) is 19.3 Å². The number of hydrogen-bond acceptors (Lipinski definition) is 2. The molecule has 3 saturated carbocycles. The molecule has 1 aromatic rings. The van der Waals surface area contributed by atoms with Crippen LogP contribution in [-0.2, 0) is 4.79 Å². The van der Waals surface area contributed by atoms with Crippen molar-refractivity contribution in [3.63, 3.8) is 0 Å². The molecule has 0 aromatic heterocycles. The fraction of sp³-hybridized carbons (Fsp3) is 0.462. The Bertz CT molecular complexity index is 489. The van der Waals surface area contributed by atoms with Crippen LogP contribution in [0, 0.1) is 11.7 Å². The molecule has 3 fully saturated rings. The Labute approximate surface area is 109 Å². The molecule has 0 heterocycles. The summed E-state index contributed by atoms with van der Waals surface area (Å²) in [4.78, 5) is 11.6. The molecule has 0 radical (unpaired) electrons. The lowest BCUT2D eigenvalue weighted by molar-refractivity contribution is -0.134. The molecule has 0 unspecified atom stereocenters. The molecule has 0 aliphatic heterocycles. The first-order chi connectivity index (χ1) is 8.56. The number of carbonyl (C=O) groups excluding carboxylic acids is 1. The molecule has 3 aliphatic carbocycles. The van der Waals surface area contributed by atoms with Crippen molar-refractivity contribution >= 4 is 17.5 Å². The van der Waals surface area contributed by atoms with Gasteiger partial charge in [0, 0.05) is 11.6 Å². The largest absolute Gasteiger partial charge is 0.484 e. The summed E-state index contributed by atoms with van der Waals surface area (Å²) in [6, 6.07) is 4.13. The SMILES string of the molecule is O=C(COc1ccc(Cl)c(F)c1)NC12CC(C1)C2. The molecule has 96 valence electrons. The van der Waals surface area contributed by atoms with E-state index in [1.54, 1.807) is 6.07 Å². The first kappa shape index (κ1) is 11.8. The molecule has 5 heteroatoms. The zero-order valence-corrected chi connectivity index (χ0v) is 10.5. The number of nitrogens with one attached hydrogen (secondary N) is 1. The van der Waals surface area contributed by atoms with E-state index in [1.165, 1.54) is 12.1 Å². The van der Waals surface area contributed by atoms with E-state index < -0.39 is 5.82 Å². The van der Waals surface area contributed by atoms with Crippen molar-refractivity contribution in [2.24, 2.45) is 5.92 Å². The van der Waals surface area contributed by atoms with Gasteiger partial charge in [-0.15, -0.1) is 0 Å². The van der Waals surface area contributed by atoms with E-state index in [9.17, 15) is 9.18 Å². The van der Waals surface area contributed by atoms with Gasteiger partial charge in [0.2, 0.25) is 0 Å². The van der Waals surface area contributed by atoms with Gasteiger partial charge in [-0.05, 0) is 37.3 Å². The quantitative estimate of drug-likeness (QED) is 0.912. The average molecular weight is 270 g/mol. The molecule has 1 amide bonds. The van der Waals surface area contributed by atoms with Gasteiger partial charge in [0.05, 0.1) is 5.02 Å². The monoisotopic (exact) mass is 269 g/mol. The normalized spacial score (nSPS) is 28.0. The maximum Gasteiger partial charge on any atom is 0.258 e. The highest BCUT2D eigenvalue weighted by molar-refractivity contribution is 6.30. The van der Waals surface area contributed by atoms with Crippen LogP contribution in [0.3, 0.4) is 0 Å². The standard InChI is InChI=1S/C13H13ClFNO2/c14-10-2-1-9(3-11(10)15)18-7-12(17)16-13-4-8(5-13)6-13/h1-3,8H,4-7H2,(H,16,17). The van der Waals surface area contributed by atoms with Gasteiger partial charge in [-0.2, -0.15) is 0 Å². The lowest BCUT2D eigenvalue weighted by atomic mass is 9.50. The van der Waals surface area contributed by atoms with Crippen molar-refractivity contribution in [3.8, 4) is 5.75 Å². The van der Waals surface area contributed by atoms with Crippen LogP contribution >= 0.6 is 11.6 Å². The number of carbonyl (C=O) groups is 1. The maximum absolute atomic E-state index is 13.1. The summed E-state index contributed by atoms with van der Waals surface area (Å²) >= 11 is 5.55. The van der Waals surface area contributed by atoms with E-state index in [1.807, 2.05) is 0 Å². The Kier molecular flexibility index (Phi) is 2.70. The number of ether oxygens (including phenoxy) is 1. The number of hydrogen-bond donors (Lipinski definition) is 1. The first-order valence-electron chi connectivity index (χ1n) is 5.95. The molecule has 1 N–H and O–H groups in total. The van der Waals surface area contributed by atoms with Gasteiger partial charge in [-0.1, -0.05) is 11.6 Å². The van der Waals surface area contributed by atoms with Crippen molar-refractivity contribution in [1.82, 2.24) is 5.32 Å². The van der Waals surface area contributed by atoms with Crippen LogP contribution in [0.5, 0.6) is 5.75 Å². The fourth-order valence-corrected chi connectivity index (χ4v) is 2.80. The lowest BCUT2D eigenvalue weighted by Crippen LogP contribution is -2.68. The van der Waals surface area contributed by atoms with Crippen LogP contribution in [-0.4, -0.2) is 18.1 Å². The third-order valence-corrected chi connectivity index (χ3v) is 4.01. The van der Waals surface area contributed by atoms with Crippen molar-refractivity contribution < 1.29 is 13.9 Å². The van der Waals surface area contributed by atoms with Crippen molar-refractivity contribution in [1.29, 1.82) is 0 Å². The van der Waals surface area contributed by atoms with E-state index >= 15 is 0 Å². The number of benzene rings is 1. The summed E-state index contributed by atoms with van der Waals surface area (Å²) in [6.07, 6.45) is 3.27. The predicted molar refractivity (Wildman–Crippen MR) is 65.1 cm³/mol. The van der Waals surface area contributed by atoms with Gasteiger partial charge < -0.3 is 10.1 Å². The van der Waals surface area contributed by atoms with Crippen LogP contribution in [0.4, 0.5) is 4.39 Å². The second-order valence-corrected chi connectivity index (χ2v) is 5.58. The molecule has 3 nitrogen and oxygen atoms in total.